The maximum Gasteiger partial charge on any atom is 0.255 e. The van der Waals surface area contributed by atoms with Crippen molar-refractivity contribution in [3.05, 3.63) is 71.6 Å². The molecule has 0 aliphatic heterocycles. The summed E-state index contributed by atoms with van der Waals surface area (Å²) in [6.07, 6.45) is 6.33. The molecule has 2 aromatic rings. The number of halogens is 1. The summed E-state index contributed by atoms with van der Waals surface area (Å²) in [5, 5.41) is 2.73. The van der Waals surface area contributed by atoms with Gasteiger partial charge in [-0.2, -0.15) is 0 Å². The predicted octanol–water partition coefficient (Wildman–Crippen LogP) is 4.89. The average molecular weight is 283 g/mol. The van der Waals surface area contributed by atoms with E-state index in [2.05, 4.69) is 18.3 Å². The van der Waals surface area contributed by atoms with Crippen LogP contribution in [0.5, 0.6) is 0 Å². The number of benzene rings is 2. The van der Waals surface area contributed by atoms with Gasteiger partial charge in [0.25, 0.3) is 5.91 Å². The molecule has 21 heavy (non-hydrogen) atoms. The Balaban J connectivity index is 2.01. The van der Waals surface area contributed by atoms with Gasteiger partial charge in [-0.1, -0.05) is 37.6 Å². The fourth-order valence-corrected chi connectivity index (χ4v) is 1.87. The fourth-order valence-electron chi connectivity index (χ4n) is 1.87. The Labute approximate surface area is 124 Å². The van der Waals surface area contributed by atoms with E-state index in [1.807, 2.05) is 18.2 Å². The fraction of sp³-hybridized carbons (Fsp3) is 0.167. The third kappa shape index (κ3) is 4.56. The highest BCUT2D eigenvalue weighted by Gasteiger charge is 2.05. The van der Waals surface area contributed by atoms with Crippen LogP contribution in [0.2, 0.25) is 0 Å². The quantitative estimate of drug-likeness (QED) is 0.831. The molecule has 0 saturated heterocycles. The van der Waals surface area contributed by atoms with Gasteiger partial charge >= 0.3 is 0 Å². The molecule has 0 spiro atoms. The molecule has 0 atom stereocenters. The van der Waals surface area contributed by atoms with E-state index in [9.17, 15) is 9.18 Å². The standard InChI is InChI=1S/C18H18FNO/c1-2-3-4-5-14-6-8-15(9-7-14)18(21)20-17-12-10-16(19)11-13-17/h4-13H,2-3H2,1H3,(H,20,21). The molecule has 0 heterocycles. The Morgan fingerprint density at radius 1 is 1.10 bits per heavy atom. The first-order valence-corrected chi connectivity index (χ1v) is 7.02. The van der Waals surface area contributed by atoms with Gasteiger partial charge in [-0.05, 0) is 48.4 Å². The van der Waals surface area contributed by atoms with E-state index in [-0.39, 0.29) is 11.7 Å². The molecule has 2 aromatic carbocycles. The van der Waals surface area contributed by atoms with Crippen LogP contribution in [0.15, 0.2) is 54.6 Å². The molecule has 0 bridgehead atoms. The average Bonchev–Trinajstić information content (AvgIpc) is 2.50. The van der Waals surface area contributed by atoms with E-state index < -0.39 is 0 Å². The normalized spacial score (nSPS) is 10.8. The first kappa shape index (κ1) is 15.0. The zero-order valence-electron chi connectivity index (χ0n) is 12.0. The van der Waals surface area contributed by atoms with Crippen LogP contribution in [-0.4, -0.2) is 5.91 Å². The van der Waals surface area contributed by atoms with Crippen LogP contribution in [-0.2, 0) is 0 Å². The maximum atomic E-state index is 12.8. The maximum absolute atomic E-state index is 12.8. The van der Waals surface area contributed by atoms with Crippen molar-refractivity contribution in [2.45, 2.75) is 19.8 Å². The van der Waals surface area contributed by atoms with Gasteiger partial charge in [0.05, 0.1) is 0 Å². The molecular weight excluding hydrogens is 265 g/mol. The summed E-state index contributed by atoms with van der Waals surface area (Å²) in [7, 11) is 0. The lowest BCUT2D eigenvalue weighted by atomic mass is 10.1. The molecule has 0 aliphatic carbocycles. The minimum absolute atomic E-state index is 0.203. The van der Waals surface area contributed by atoms with Crippen LogP contribution in [0.4, 0.5) is 10.1 Å². The van der Waals surface area contributed by atoms with Crippen LogP contribution in [0.25, 0.3) is 6.08 Å². The number of allylic oxidation sites excluding steroid dienone is 1. The van der Waals surface area contributed by atoms with Gasteiger partial charge in [0.15, 0.2) is 0 Å². The van der Waals surface area contributed by atoms with Crippen molar-refractivity contribution in [2.75, 3.05) is 5.32 Å². The summed E-state index contributed by atoms with van der Waals surface area (Å²) in [4.78, 5) is 12.0. The number of anilines is 1. The number of rotatable bonds is 5. The zero-order chi connectivity index (χ0) is 15.1. The van der Waals surface area contributed by atoms with Crippen molar-refractivity contribution >= 4 is 17.7 Å². The number of unbranched alkanes of at least 4 members (excludes halogenated alkanes) is 1. The minimum atomic E-state index is -0.323. The number of amides is 1. The largest absolute Gasteiger partial charge is 0.322 e. The van der Waals surface area contributed by atoms with Crippen molar-refractivity contribution in [3.63, 3.8) is 0 Å². The molecule has 0 fully saturated rings. The number of hydrogen-bond donors (Lipinski definition) is 1. The highest BCUT2D eigenvalue weighted by molar-refractivity contribution is 6.04. The van der Waals surface area contributed by atoms with Crippen molar-refractivity contribution in [3.8, 4) is 0 Å². The third-order valence-corrected chi connectivity index (χ3v) is 3.04. The van der Waals surface area contributed by atoms with Crippen LogP contribution in [0, 0.1) is 5.82 Å². The van der Waals surface area contributed by atoms with E-state index in [4.69, 9.17) is 0 Å². The SMILES string of the molecule is CCCC=Cc1ccc(C(=O)Nc2ccc(F)cc2)cc1. The third-order valence-electron chi connectivity index (χ3n) is 3.04. The van der Waals surface area contributed by atoms with E-state index in [0.29, 0.717) is 11.3 Å². The van der Waals surface area contributed by atoms with E-state index >= 15 is 0 Å². The summed E-state index contributed by atoms with van der Waals surface area (Å²) < 4.78 is 12.8. The van der Waals surface area contributed by atoms with E-state index in [0.717, 1.165) is 18.4 Å². The Morgan fingerprint density at radius 3 is 2.38 bits per heavy atom. The van der Waals surface area contributed by atoms with Crippen LogP contribution >= 0.6 is 0 Å². The Hall–Kier alpha value is -2.42. The molecule has 0 saturated carbocycles. The zero-order valence-corrected chi connectivity index (χ0v) is 12.0. The van der Waals surface area contributed by atoms with Crippen molar-refractivity contribution in [2.24, 2.45) is 0 Å². The lowest BCUT2D eigenvalue weighted by molar-refractivity contribution is 0.102. The Bertz CT molecular complexity index is 615. The molecule has 0 unspecified atom stereocenters. The van der Waals surface area contributed by atoms with E-state index in [1.165, 1.54) is 24.3 Å². The van der Waals surface area contributed by atoms with E-state index in [1.54, 1.807) is 12.1 Å². The highest BCUT2D eigenvalue weighted by atomic mass is 19.1. The molecular formula is C18H18FNO. The number of carbonyl (C=O) groups excluding carboxylic acids is 1. The molecule has 2 nitrogen and oxygen atoms in total. The van der Waals surface area contributed by atoms with Crippen LogP contribution in [0.3, 0.4) is 0 Å². The number of hydrogen-bond acceptors (Lipinski definition) is 1. The smallest absolute Gasteiger partial charge is 0.255 e. The molecule has 0 aromatic heterocycles. The molecule has 1 amide bonds. The summed E-state index contributed by atoms with van der Waals surface area (Å²) >= 11 is 0. The Morgan fingerprint density at radius 2 is 1.76 bits per heavy atom. The minimum Gasteiger partial charge on any atom is -0.322 e. The molecule has 1 N–H and O–H groups in total. The second-order valence-corrected chi connectivity index (χ2v) is 4.77. The van der Waals surface area contributed by atoms with Gasteiger partial charge < -0.3 is 5.32 Å². The second kappa shape index (κ2) is 7.39. The first-order valence-electron chi connectivity index (χ1n) is 7.02. The van der Waals surface area contributed by atoms with Gasteiger partial charge in [-0.15, -0.1) is 0 Å². The molecule has 3 heteroatoms. The Kier molecular flexibility index (Phi) is 5.27. The summed E-state index contributed by atoms with van der Waals surface area (Å²) in [6.45, 7) is 2.13. The van der Waals surface area contributed by atoms with Gasteiger partial charge in [0.2, 0.25) is 0 Å². The van der Waals surface area contributed by atoms with Gasteiger partial charge in [-0.25, -0.2) is 4.39 Å². The van der Waals surface area contributed by atoms with Crippen molar-refractivity contribution in [1.82, 2.24) is 0 Å². The second-order valence-electron chi connectivity index (χ2n) is 4.77. The lowest BCUT2D eigenvalue weighted by Crippen LogP contribution is -2.11. The monoisotopic (exact) mass is 283 g/mol. The molecule has 2 rings (SSSR count). The number of nitrogens with one attached hydrogen (secondary N) is 1. The van der Waals surface area contributed by atoms with Gasteiger partial charge in [0.1, 0.15) is 5.82 Å². The molecule has 108 valence electrons. The summed E-state index contributed by atoms with van der Waals surface area (Å²) in [5.41, 5.74) is 2.22. The van der Waals surface area contributed by atoms with Gasteiger partial charge in [-0.3, -0.25) is 4.79 Å². The highest BCUT2D eigenvalue weighted by Crippen LogP contribution is 2.12. The lowest BCUT2D eigenvalue weighted by Gasteiger charge is -2.05. The summed E-state index contributed by atoms with van der Waals surface area (Å²) in [6, 6.07) is 13.1. The van der Waals surface area contributed by atoms with Crippen molar-refractivity contribution in [1.29, 1.82) is 0 Å². The van der Waals surface area contributed by atoms with Crippen molar-refractivity contribution < 1.29 is 9.18 Å². The topological polar surface area (TPSA) is 29.1 Å². The van der Waals surface area contributed by atoms with Crippen LogP contribution in [0.1, 0.15) is 35.7 Å². The first-order chi connectivity index (χ1) is 10.2. The molecule has 0 radical (unpaired) electrons. The predicted molar refractivity (Wildman–Crippen MR) is 84.7 cm³/mol. The number of carbonyl (C=O) groups is 1. The van der Waals surface area contributed by atoms with Crippen LogP contribution < -0.4 is 5.32 Å². The van der Waals surface area contributed by atoms with Gasteiger partial charge in [0, 0.05) is 11.3 Å². The molecule has 0 aliphatic rings. The summed E-state index contributed by atoms with van der Waals surface area (Å²) in [5.74, 6) is -0.526.